The Labute approximate surface area is 192 Å². The second kappa shape index (κ2) is 21.3. The quantitative estimate of drug-likeness (QED) is 0.421. The van der Waals surface area contributed by atoms with Gasteiger partial charge in [-0.25, -0.2) is 0 Å². The number of nitrogens with one attached hydrogen (secondary N) is 2. The number of benzene rings is 1. The van der Waals surface area contributed by atoms with Crippen LogP contribution in [0, 0.1) is 0 Å². The number of hydrogen-bond acceptors (Lipinski definition) is 6. The molecule has 0 fully saturated rings. The van der Waals surface area contributed by atoms with Crippen molar-refractivity contribution < 1.29 is 23.0 Å². The number of carbonyl (C=O) groups excluding carboxylic acids is 3. The standard InChI is InChI=1S/C11H12FNO2S.C6H12O2.C4H11N.C2H6/c1-2-11(15)13-7-10(14)8-3-5-9(16-12)6-4-8;1-5(7)8-6(2,3)4;1-3-4-5-2;1-2/h3-6H,2,7H2,1H3,(H,13,15);1-4H3;5H,3-4H2,1-2H3;1-2H3. The first-order chi connectivity index (χ1) is 14.5. The zero-order chi connectivity index (χ0) is 24.9. The molecule has 8 heteroatoms. The molecule has 0 aliphatic rings. The molecular formula is C23H41FN2O4S. The van der Waals surface area contributed by atoms with E-state index in [2.05, 4.69) is 17.6 Å². The fraction of sp³-hybridized carbons (Fsp3) is 0.609. The first kappa shape index (κ1) is 33.7. The van der Waals surface area contributed by atoms with Crippen molar-refractivity contribution in [2.24, 2.45) is 0 Å². The zero-order valence-corrected chi connectivity index (χ0v) is 21.4. The summed E-state index contributed by atoms with van der Waals surface area (Å²) in [5, 5.41) is 5.51. The van der Waals surface area contributed by atoms with Crippen LogP contribution in [0.15, 0.2) is 29.2 Å². The number of ether oxygens (including phenoxy) is 1. The Bertz CT molecular complexity index is 601. The molecule has 2 N–H and O–H groups in total. The normalized spacial score (nSPS) is 9.48. The van der Waals surface area contributed by atoms with Gasteiger partial charge in [0.05, 0.1) is 18.7 Å². The minimum atomic E-state index is -0.328. The molecule has 0 bridgehead atoms. The Morgan fingerprint density at radius 1 is 1.06 bits per heavy atom. The van der Waals surface area contributed by atoms with E-state index in [1.807, 2.05) is 41.7 Å². The summed E-state index contributed by atoms with van der Waals surface area (Å²) in [7, 11) is 1.96. The molecule has 31 heavy (non-hydrogen) atoms. The average molecular weight is 461 g/mol. The Kier molecular flexibility index (Phi) is 23.2. The van der Waals surface area contributed by atoms with E-state index in [-0.39, 0.29) is 42.0 Å². The van der Waals surface area contributed by atoms with Gasteiger partial charge in [0.15, 0.2) is 5.78 Å². The van der Waals surface area contributed by atoms with Gasteiger partial charge in [-0.1, -0.05) is 39.8 Å². The molecule has 0 unspecified atom stereocenters. The summed E-state index contributed by atoms with van der Waals surface area (Å²) in [5.41, 5.74) is 0.139. The summed E-state index contributed by atoms with van der Waals surface area (Å²) in [6.07, 6.45) is 1.58. The maximum atomic E-state index is 12.1. The third kappa shape index (κ3) is 24.2. The molecule has 1 aromatic carbocycles. The number of hydrogen-bond donors (Lipinski definition) is 2. The van der Waals surface area contributed by atoms with E-state index >= 15 is 0 Å². The molecule has 6 nitrogen and oxygen atoms in total. The molecule has 0 spiro atoms. The highest BCUT2D eigenvalue weighted by atomic mass is 32.2. The Hall–Kier alpha value is -1.93. The lowest BCUT2D eigenvalue weighted by Crippen LogP contribution is -2.28. The van der Waals surface area contributed by atoms with E-state index in [1.165, 1.54) is 25.5 Å². The molecule has 0 atom stereocenters. The van der Waals surface area contributed by atoms with Crippen molar-refractivity contribution >= 4 is 29.8 Å². The number of esters is 1. The molecule has 1 rings (SSSR count). The van der Waals surface area contributed by atoms with Crippen LogP contribution in [0.2, 0.25) is 0 Å². The minimum Gasteiger partial charge on any atom is -0.460 e. The van der Waals surface area contributed by atoms with Crippen LogP contribution in [0.25, 0.3) is 0 Å². The Balaban J connectivity index is -0.000000437. The van der Waals surface area contributed by atoms with Crippen LogP contribution in [0.4, 0.5) is 3.89 Å². The predicted octanol–water partition coefficient (Wildman–Crippen LogP) is 5.36. The fourth-order valence-corrected chi connectivity index (χ4v) is 2.02. The van der Waals surface area contributed by atoms with Crippen molar-refractivity contribution in [1.82, 2.24) is 10.6 Å². The maximum Gasteiger partial charge on any atom is 0.303 e. The number of rotatable bonds is 7. The minimum absolute atomic E-state index is 0.0191. The lowest BCUT2D eigenvalue weighted by Gasteiger charge is -2.17. The highest BCUT2D eigenvalue weighted by Gasteiger charge is 2.11. The topological polar surface area (TPSA) is 84.5 Å². The van der Waals surface area contributed by atoms with Crippen LogP contribution >= 0.6 is 12.1 Å². The summed E-state index contributed by atoms with van der Waals surface area (Å²) in [6.45, 7) is 15.9. The van der Waals surface area contributed by atoms with Gasteiger partial charge in [-0.2, -0.15) is 3.89 Å². The summed E-state index contributed by atoms with van der Waals surface area (Å²) in [5.74, 6) is -0.570. The highest BCUT2D eigenvalue weighted by Crippen LogP contribution is 2.18. The third-order valence-electron chi connectivity index (χ3n) is 2.98. The lowest BCUT2D eigenvalue weighted by molar-refractivity contribution is -0.151. The van der Waals surface area contributed by atoms with Crippen LogP contribution in [0.1, 0.15) is 78.6 Å². The molecule has 0 heterocycles. The Morgan fingerprint density at radius 3 is 1.84 bits per heavy atom. The van der Waals surface area contributed by atoms with Crippen molar-refractivity contribution in [2.75, 3.05) is 20.1 Å². The number of ketones is 1. The van der Waals surface area contributed by atoms with Gasteiger partial charge in [0.1, 0.15) is 5.60 Å². The molecule has 180 valence electrons. The van der Waals surface area contributed by atoms with Crippen molar-refractivity contribution in [3.8, 4) is 0 Å². The predicted molar refractivity (Wildman–Crippen MR) is 128 cm³/mol. The van der Waals surface area contributed by atoms with Crippen LogP contribution in [0.5, 0.6) is 0 Å². The first-order valence-electron chi connectivity index (χ1n) is 10.5. The van der Waals surface area contributed by atoms with Crippen molar-refractivity contribution in [3.63, 3.8) is 0 Å². The number of halogens is 1. The van der Waals surface area contributed by atoms with E-state index in [4.69, 9.17) is 4.74 Å². The molecule has 0 saturated heterocycles. The summed E-state index contributed by atoms with van der Waals surface area (Å²) >= 11 is 0.130. The van der Waals surface area contributed by atoms with E-state index in [1.54, 1.807) is 19.1 Å². The fourth-order valence-electron chi connectivity index (χ4n) is 1.78. The van der Waals surface area contributed by atoms with Gasteiger partial charge in [-0.3, -0.25) is 14.4 Å². The van der Waals surface area contributed by atoms with Crippen molar-refractivity contribution in [2.45, 2.75) is 78.7 Å². The molecule has 1 amide bonds. The van der Waals surface area contributed by atoms with Crippen molar-refractivity contribution in [3.05, 3.63) is 29.8 Å². The SMILES string of the molecule is CC.CC(=O)OC(C)(C)C.CCC(=O)NCC(=O)c1ccc(SF)cc1.CCCNC. The molecule has 0 aromatic heterocycles. The van der Waals surface area contributed by atoms with Gasteiger partial charge in [0.25, 0.3) is 0 Å². The molecule has 0 saturated carbocycles. The number of Topliss-reactive ketones (excluding diaryl/α,β-unsaturated/α-hetero) is 1. The molecule has 0 aliphatic heterocycles. The zero-order valence-electron chi connectivity index (χ0n) is 20.6. The number of carbonyl (C=O) groups is 3. The van der Waals surface area contributed by atoms with Gasteiger partial charge >= 0.3 is 5.97 Å². The van der Waals surface area contributed by atoms with Crippen LogP contribution < -0.4 is 10.6 Å². The largest absolute Gasteiger partial charge is 0.460 e. The summed E-state index contributed by atoms with van der Waals surface area (Å²) in [4.78, 5) is 33.2. The van der Waals surface area contributed by atoms with Gasteiger partial charge in [0.2, 0.25) is 5.91 Å². The van der Waals surface area contributed by atoms with Crippen LogP contribution in [-0.4, -0.2) is 43.4 Å². The average Bonchev–Trinajstić information content (AvgIpc) is 2.73. The second-order valence-electron chi connectivity index (χ2n) is 6.96. The Morgan fingerprint density at radius 2 is 1.58 bits per heavy atom. The van der Waals surface area contributed by atoms with E-state index in [9.17, 15) is 18.3 Å². The van der Waals surface area contributed by atoms with Gasteiger partial charge < -0.3 is 15.4 Å². The molecule has 0 aliphatic carbocycles. The smallest absolute Gasteiger partial charge is 0.303 e. The summed E-state index contributed by atoms with van der Waals surface area (Å²) in [6, 6.07) is 6.14. The van der Waals surface area contributed by atoms with Crippen LogP contribution in [0.3, 0.4) is 0 Å². The van der Waals surface area contributed by atoms with Crippen molar-refractivity contribution in [1.29, 1.82) is 0 Å². The second-order valence-corrected chi connectivity index (χ2v) is 7.59. The van der Waals surface area contributed by atoms with E-state index in [0.717, 1.165) is 6.54 Å². The van der Waals surface area contributed by atoms with Crippen LogP contribution in [-0.2, 0) is 14.3 Å². The van der Waals surface area contributed by atoms with E-state index in [0.29, 0.717) is 16.9 Å². The van der Waals surface area contributed by atoms with Gasteiger partial charge in [-0.15, -0.1) is 0 Å². The van der Waals surface area contributed by atoms with Gasteiger partial charge in [0, 0.05) is 23.8 Å². The first-order valence-corrected chi connectivity index (χ1v) is 11.2. The monoisotopic (exact) mass is 460 g/mol. The molecular weight excluding hydrogens is 419 g/mol. The maximum absolute atomic E-state index is 12.1. The summed E-state index contributed by atoms with van der Waals surface area (Å²) < 4.78 is 16.9. The lowest BCUT2D eigenvalue weighted by atomic mass is 10.1. The highest BCUT2D eigenvalue weighted by molar-refractivity contribution is 7.94. The third-order valence-corrected chi connectivity index (χ3v) is 3.43. The van der Waals surface area contributed by atoms with E-state index < -0.39 is 0 Å². The number of amides is 1. The van der Waals surface area contributed by atoms with Gasteiger partial charge in [-0.05, 0) is 52.9 Å². The molecule has 0 radical (unpaired) electrons. The molecule has 1 aromatic rings.